The molecule has 1 N–H and O–H groups in total. The molecule has 1 saturated heterocycles. The highest BCUT2D eigenvalue weighted by atomic mass is 16.5. The Morgan fingerprint density at radius 1 is 1.23 bits per heavy atom. The molecule has 0 spiro atoms. The smallest absolute Gasteiger partial charge is 0.244 e. The molecule has 1 aromatic heterocycles. The Morgan fingerprint density at radius 3 is 2.88 bits per heavy atom. The van der Waals surface area contributed by atoms with E-state index in [0.717, 1.165) is 35.8 Å². The Kier molecular flexibility index (Phi) is 6.25. The fourth-order valence-corrected chi connectivity index (χ4v) is 3.12. The van der Waals surface area contributed by atoms with E-state index in [4.69, 9.17) is 4.74 Å². The fraction of sp³-hybridized carbons (Fsp3) is 0.333. The number of ether oxygens (including phenoxy) is 1. The lowest BCUT2D eigenvalue weighted by atomic mass is 10.1. The highest BCUT2D eigenvalue weighted by molar-refractivity contribution is 5.91. The van der Waals surface area contributed by atoms with Crippen LogP contribution in [0.4, 0.5) is 5.82 Å². The zero-order valence-electron chi connectivity index (χ0n) is 15.1. The summed E-state index contributed by atoms with van der Waals surface area (Å²) in [6.45, 7) is 2.54. The van der Waals surface area contributed by atoms with Gasteiger partial charge in [0.1, 0.15) is 11.6 Å². The van der Waals surface area contributed by atoms with Crippen LogP contribution in [0.5, 0.6) is 5.75 Å². The standard InChI is InChI=1S/C21H25N3O2/c1-26-19-9-5-7-17(15-19)10-11-20(25)23-16-18-8-6-12-22-21(18)24-13-3-2-4-14-24/h5-12,15H,2-4,13-14,16H2,1H3,(H,23,25)/b11-10+. The van der Waals surface area contributed by atoms with Crippen molar-refractivity contribution in [2.24, 2.45) is 0 Å². The number of anilines is 1. The highest BCUT2D eigenvalue weighted by Crippen LogP contribution is 2.21. The molecule has 0 radical (unpaired) electrons. The molecule has 1 aromatic carbocycles. The number of piperidine rings is 1. The van der Waals surface area contributed by atoms with Crippen LogP contribution in [0, 0.1) is 0 Å². The maximum Gasteiger partial charge on any atom is 0.244 e. The first-order chi connectivity index (χ1) is 12.8. The summed E-state index contributed by atoms with van der Waals surface area (Å²) in [6.07, 6.45) is 8.83. The van der Waals surface area contributed by atoms with E-state index in [1.54, 1.807) is 19.3 Å². The maximum atomic E-state index is 12.2. The van der Waals surface area contributed by atoms with Gasteiger partial charge in [-0.2, -0.15) is 0 Å². The van der Waals surface area contributed by atoms with E-state index in [2.05, 4.69) is 15.2 Å². The second kappa shape index (κ2) is 9.04. The average Bonchev–Trinajstić information content (AvgIpc) is 2.71. The van der Waals surface area contributed by atoms with Crippen molar-refractivity contribution < 1.29 is 9.53 Å². The molecule has 136 valence electrons. The number of carbonyl (C=O) groups excluding carboxylic acids is 1. The average molecular weight is 351 g/mol. The summed E-state index contributed by atoms with van der Waals surface area (Å²) in [4.78, 5) is 19.0. The van der Waals surface area contributed by atoms with Crippen LogP contribution in [-0.2, 0) is 11.3 Å². The molecule has 1 aliphatic heterocycles. The van der Waals surface area contributed by atoms with Gasteiger partial charge in [0.15, 0.2) is 0 Å². The molecule has 0 unspecified atom stereocenters. The Bertz CT molecular complexity index is 767. The van der Waals surface area contributed by atoms with Gasteiger partial charge in [-0.05, 0) is 49.1 Å². The molecule has 26 heavy (non-hydrogen) atoms. The molecule has 0 atom stereocenters. The second-order valence-corrected chi connectivity index (χ2v) is 6.36. The first-order valence-electron chi connectivity index (χ1n) is 9.05. The largest absolute Gasteiger partial charge is 0.497 e. The van der Waals surface area contributed by atoms with Gasteiger partial charge in [-0.1, -0.05) is 18.2 Å². The third-order valence-corrected chi connectivity index (χ3v) is 4.50. The van der Waals surface area contributed by atoms with Crippen molar-refractivity contribution in [2.45, 2.75) is 25.8 Å². The van der Waals surface area contributed by atoms with Gasteiger partial charge >= 0.3 is 0 Å². The summed E-state index contributed by atoms with van der Waals surface area (Å²) in [5.74, 6) is 1.64. The van der Waals surface area contributed by atoms with E-state index >= 15 is 0 Å². The number of benzene rings is 1. The maximum absolute atomic E-state index is 12.2. The summed E-state index contributed by atoms with van der Waals surface area (Å²) in [5.41, 5.74) is 1.98. The molecule has 5 nitrogen and oxygen atoms in total. The van der Waals surface area contributed by atoms with Crippen molar-refractivity contribution in [2.75, 3.05) is 25.1 Å². The number of nitrogens with one attached hydrogen (secondary N) is 1. The fourth-order valence-electron chi connectivity index (χ4n) is 3.12. The molecule has 1 aliphatic rings. The van der Waals surface area contributed by atoms with Gasteiger partial charge in [-0.15, -0.1) is 0 Å². The summed E-state index contributed by atoms with van der Waals surface area (Å²) >= 11 is 0. The van der Waals surface area contributed by atoms with E-state index in [1.807, 2.05) is 42.6 Å². The van der Waals surface area contributed by atoms with Crippen LogP contribution in [0.2, 0.25) is 0 Å². The molecular formula is C21H25N3O2. The van der Waals surface area contributed by atoms with Crippen LogP contribution in [0.1, 0.15) is 30.4 Å². The van der Waals surface area contributed by atoms with E-state index < -0.39 is 0 Å². The summed E-state index contributed by atoms with van der Waals surface area (Å²) in [5, 5.41) is 2.95. The monoisotopic (exact) mass is 351 g/mol. The topological polar surface area (TPSA) is 54.5 Å². The number of rotatable bonds is 6. The Labute approximate surface area is 154 Å². The lowest BCUT2D eigenvalue weighted by molar-refractivity contribution is -0.116. The Balaban J connectivity index is 1.60. The predicted octanol–water partition coefficient (Wildman–Crippen LogP) is 3.41. The number of aromatic nitrogens is 1. The van der Waals surface area contributed by atoms with Crippen molar-refractivity contribution in [1.82, 2.24) is 10.3 Å². The van der Waals surface area contributed by atoms with Crippen LogP contribution < -0.4 is 15.0 Å². The minimum atomic E-state index is -0.124. The number of hydrogen-bond acceptors (Lipinski definition) is 4. The van der Waals surface area contributed by atoms with Gasteiger partial charge in [0.2, 0.25) is 5.91 Å². The van der Waals surface area contributed by atoms with Gasteiger partial charge in [-0.25, -0.2) is 4.98 Å². The van der Waals surface area contributed by atoms with Crippen molar-refractivity contribution in [1.29, 1.82) is 0 Å². The molecule has 0 saturated carbocycles. The molecule has 5 heteroatoms. The van der Waals surface area contributed by atoms with Crippen molar-refractivity contribution >= 4 is 17.8 Å². The summed E-state index contributed by atoms with van der Waals surface area (Å²) in [6, 6.07) is 11.5. The minimum absolute atomic E-state index is 0.124. The van der Waals surface area contributed by atoms with Gasteiger partial charge < -0.3 is 15.0 Å². The number of hydrogen-bond donors (Lipinski definition) is 1. The molecular weight excluding hydrogens is 326 g/mol. The molecule has 0 bridgehead atoms. The van der Waals surface area contributed by atoms with Gasteiger partial charge in [0.05, 0.1) is 7.11 Å². The molecule has 1 amide bonds. The third-order valence-electron chi connectivity index (χ3n) is 4.50. The minimum Gasteiger partial charge on any atom is -0.497 e. The summed E-state index contributed by atoms with van der Waals surface area (Å²) in [7, 11) is 1.63. The van der Waals surface area contributed by atoms with E-state index in [1.165, 1.54) is 19.3 Å². The first kappa shape index (κ1) is 18.0. The Morgan fingerprint density at radius 2 is 2.08 bits per heavy atom. The van der Waals surface area contributed by atoms with Crippen molar-refractivity contribution in [3.63, 3.8) is 0 Å². The van der Waals surface area contributed by atoms with Crippen LogP contribution in [0.15, 0.2) is 48.7 Å². The van der Waals surface area contributed by atoms with Gasteiger partial charge in [0.25, 0.3) is 0 Å². The third kappa shape index (κ3) is 4.85. The number of amides is 1. The highest BCUT2D eigenvalue weighted by Gasteiger charge is 2.15. The van der Waals surface area contributed by atoms with E-state index in [-0.39, 0.29) is 5.91 Å². The first-order valence-corrected chi connectivity index (χ1v) is 9.05. The van der Waals surface area contributed by atoms with Gasteiger partial charge in [-0.3, -0.25) is 4.79 Å². The molecule has 2 heterocycles. The zero-order valence-corrected chi connectivity index (χ0v) is 15.1. The second-order valence-electron chi connectivity index (χ2n) is 6.36. The lowest BCUT2D eigenvalue weighted by Crippen LogP contribution is -2.32. The Hall–Kier alpha value is -2.82. The lowest BCUT2D eigenvalue weighted by Gasteiger charge is -2.29. The molecule has 1 fully saturated rings. The zero-order chi connectivity index (χ0) is 18.2. The quantitative estimate of drug-likeness (QED) is 0.811. The van der Waals surface area contributed by atoms with Crippen LogP contribution >= 0.6 is 0 Å². The van der Waals surface area contributed by atoms with Crippen molar-refractivity contribution in [3.8, 4) is 5.75 Å². The molecule has 2 aromatic rings. The normalized spacial score (nSPS) is 14.4. The van der Waals surface area contributed by atoms with Crippen LogP contribution in [0.3, 0.4) is 0 Å². The number of pyridine rings is 1. The number of methoxy groups -OCH3 is 1. The van der Waals surface area contributed by atoms with E-state index in [9.17, 15) is 4.79 Å². The number of nitrogens with zero attached hydrogens (tertiary/aromatic N) is 2. The predicted molar refractivity (Wildman–Crippen MR) is 104 cm³/mol. The van der Waals surface area contributed by atoms with Gasteiger partial charge in [0, 0.05) is 37.5 Å². The van der Waals surface area contributed by atoms with Crippen LogP contribution in [-0.4, -0.2) is 31.1 Å². The van der Waals surface area contributed by atoms with Crippen molar-refractivity contribution in [3.05, 3.63) is 59.8 Å². The molecule has 3 rings (SSSR count). The number of carbonyl (C=O) groups is 1. The molecule has 0 aliphatic carbocycles. The van der Waals surface area contributed by atoms with Crippen LogP contribution in [0.25, 0.3) is 6.08 Å². The summed E-state index contributed by atoms with van der Waals surface area (Å²) < 4.78 is 5.19. The van der Waals surface area contributed by atoms with E-state index in [0.29, 0.717) is 6.54 Å². The SMILES string of the molecule is COc1cccc(/C=C/C(=O)NCc2cccnc2N2CCCCC2)c1.